The van der Waals surface area contributed by atoms with E-state index in [9.17, 15) is 4.79 Å². The Hall–Kier alpha value is -1.73. The van der Waals surface area contributed by atoms with E-state index in [1.165, 1.54) is 11.3 Å². The van der Waals surface area contributed by atoms with Gasteiger partial charge in [0.05, 0.1) is 6.21 Å². The highest BCUT2D eigenvalue weighted by atomic mass is 32.1. The molecule has 16 heavy (non-hydrogen) atoms. The molecule has 0 aliphatic carbocycles. The van der Waals surface area contributed by atoms with Gasteiger partial charge in [-0.25, -0.2) is 0 Å². The standard InChI is InChI=1S/C9H6N4OS2/c1-6-8(14)13(9(15)12-11-6)10-5-7-3-2-4-16-7/h2-5H,1H2/b10-5+. The predicted octanol–water partition coefficient (Wildman–Crippen LogP) is 2.17. The van der Waals surface area contributed by atoms with Crippen LogP contribution in [0.5, 0.6) is 0 Å². The van der Waals surface area contributed by atoms with Gasteiger partial charge in [-0.1, -0.05) is 12.6 Å². The largest absolute Gasteiger partial charge is 0.300 e. The van der Waals surface area contributed by atoms with E-state index >= 15 is 0 Å². The Labute approximate surface area is 101 Å². The Balaban J connectivity index is 2.21. The zero-order valence-electron chi connectivity index (χ0n) is 8.03. The minimum atomic E-state index is -0.451. The molecule has 2 rings (SSSR count). The smallest absolute Gasteiger partial charge is 0.265 e. The number of nitrogens with zero attached hydrogens (tertiary/aromatic N) is 4. The average molecular weight is 250 g/mol. The molecule has 5 nitrogen and oxygen atoms in total. The van der Waals surface area contributed by atoms with E-state index in [0.29, 0.717) is 0 Å². The summed E-state index contributed by atoms with van der Waals surface area (Å²) in [5.41, 5.74) is 0.0249. The summed E-state index contributed by atoms with van der Waals surface area (Å²) in [6.45, 7) is 3.44. The minimum absolute atomic E-state index is 0.0187. The molecule has 0 spiro atoms. The van der Waals surface area contributed by atoms with Crippen LogP contribution in [0.2, 0.25) is 0 Å². The number of hydrazone groups is 1. The molecule has 0 radical (unpaired) electrons. The predicted molar refractivity (Wildman–Crippen MR) is 65.4 cm³/mol. The number of rotatable bonds is 2. The molecule has 0 fully saturated rings. The topological polar surface area (TPSA) is 57.4 Å². The van der Waals surface area contributed by atoms with Crippen molar-refractivity contribution in [2.75, 3.05) is 0 Å². The van der Waals surface area contributed by atoms with E-state index in [1.54, 1.807) is 6.21 Å². The maximum atomic E-state index is 11.6. The molecule has 0 atom stereocenters. The van der Waals surface area contributed by atoms with Gasteiger partial charge in [-0.05, 0) is 23.7 Å². The van der Waals surface area contributed by atoms with Crippen LogP contribution >= 0.6 is 23.6 Å². The lowest BCUT2D eigenvalue weighted by molar-refractivity contribution is -0.123. The molecule has 0 N–H and O–H groups in total. The summed E-state index contributed by atoms with van der Waals surface area (Å²) in [5.74, 6) is -0.451. The molecule has 0 saturated carbocycles. The first-order valence-electron chi connectivity index (χ1n) is 4.25. The first-order chi connectivity index (χ1) is 7.68. The van der Waals surface area contributed by atoms with Crippen molar-refractivity contribution in [2.24, 2.45) is 15.3 Å². The molecule has 1 aromatic rings. The minimum Gasteiger partial charge on any atom is -0.265 e. The van der Waals surface area contributed by atoms with Crippen LogP contribution in [0.25, 0.3) is 0 Å². The third kappa shape index (κ3) is 2.10. The lowest BCUT2D eigenvalue weighted by Crippen LogP contribution is -2.33. The van der Waals surface area contributed by atoms with E-state index < -0.39 is 5.91 Å². The van der Waals surface area contributed by atoms with Crippen LogP contribution in [0.3, 0.4) is 0 Å². The first-order valence-corrected chi connectivity index (χ1v) is 5.54. The van der Waals surface area contributed by atoms with Gasteiger partial charge in [-0.15, -0.1) is 21.6 Å². The summed E-state index contributed by atoms with van der Waals surface area (Å²) < 4.78 is 0. The molecule has 1 aliphatic heterocycles. The van der Waals surface area contributed by atoms with Crippen LogP contribution in [0.15, 0.2) is 45.1 Å². The zero-order chi connectivity index (χ0) is 11.5. The Morgan fingerprint density at radius 3 is 3.06 bits per heavy atom. The fourth-order valence-electron chi connectivity index (χ4n) is 0.979. The maximum absolute atomic E-state index is 11.6. The second-order valence-corrected chi connectivity index (χ2v) is 4.15. The quantitative estimate of drug-likeness (QED) is 0.459. The van der Waals surface area contributed by atoms with Crippen molar-refractivity contribution in [3.8, 4) is 0 Å². The first kappa shape index (κ1) is 10.8. The number of carbonyl (C=O) groups excluding carboxylic acids is 1. The summed E-state index contributed by atoms with van der Waals surface area (Å²) in [5, 5.41) is 14.0. The fourth-order valence-corrected chi connectivity index (χ4v) is 1.73. The second-order valence-electron chi connectivity index (χ2n) is 2.81. The van der Waals surface area contributed by atoms with Gasteiger partial charge in [-0.3, -0.25) is 4.79 Å². The summed E-state index contributed by atoms with van der Waals surface area (Å²) in [6, 6.07) is 3.77. The molecule has 0 bridgehead atoms. The molecule has 1 aromatic heterocycles. The highest BCUT2D eigenvalue weighted by Crippen LogP contribution is 2.13. The highest BCUT2D eigenvalue weighted by Gasteiger charge is 2.24. The summed E-state index contributed by atoms with van der Waals surface area (Å²) in [4.78, 5) is 12.5. The molecular formula is C9H6N4OS2. The number of carbonyl (C=O) groups is 1. The number of hydrogen-bond donors (Lipinski definition) is 0. The molecule has 80 valence electrons. The third-order valence-electron chi connectivity index (χ3n) is 1.72. The Morgan fingerprint density at radius 1 is 1.56 bits per heavy atom. The Morgan fingerprint density at radius 2 is 2.38 bits per heavy atom. The molecule has 1 amide bonds. The number of thiophene rings is 1. The van der Waals surface area contributed by atoms with Crippen molar-refractivity contribution in [1.29, 1.82) is 0 Å². The fraction of sp³-hybridized carbons (Fsp3) is 0. The zero-order valence-corrected chi connectivity index (χ0v) is 9.66. The van der Waals surface area contributed by atoms with Gasteiger partial charge in [0, 0.05) is 4.88 Å². The van der Waals surface area contributed by atoms with Gasteiger partial charge < -0.3 is 0 Å². The van der Waals surface area contributed by atoms with Gasteiger partial charge >= 0.3 is 5.91 Å². The van der Waals surface area contributed by atoms with Crippen LogP contribution in [0.4, 0.5) is 0 Å². The van der Waals surface area contributed by atoms with Crippen molar-refractivity contribution in [2.45, 2.75) is 0 Å². The number of hydrogen-bond acceptors (Lipinski definition) is 5. The van der Waals surface area contributed by atoms with E-state index in [4.69, 9.17) is 12.2 Å². The number of azo groups is 1. The molecule has 0 saturated heterocycles. The van der Waals surface area contributed by atoms with Gasteiger partial charge in [0.15, 0.2) is 0 Å². The summed E-state index contributed by atoms with van der Waals surface area (Å²) in [7, 11) is 0. The number of thiocarbonyl (C=S) groups is 1. The van der Waals surface area contributed by atoms with E-state index in [1.807, 2.05) is 17.5 Å². The monoisotopic (exact) mass is 250 g/mol. The van der Waals surface area contributed by atoms with E-state index in [0.717, 1.165) is 9.89 Å². The normalized spacial score (nSPS) is 16.5. The Bertz CT molecular complexity index is 504. The highest BCUT2D eigenvalue weighted by molar-refractivity contribution is 7.80. The molecule has 0 unspecified atom stereocenters. The van der Waals surface area contributed by atoms with Crippen LogP contribution in [-0.4, -0.2) is 22.2 Å². The number of amides is 1. The molecule has 2 heterocycles. The molecule has 1 aliphatic rings. The van der Waals surface area contributed by atoms with Gasteiger partial charge in [0.1, 0.15) is 5.70 Å². The molecular weight excluding hydrogens is 244 g/mol. The van der Waals surface area contributed by atoms with Crippen molar-refractivity contribution >= 4 is 40.8 Å². The van der Waals surface area contributed by atoms with Gasteiger partial charge in [0.2, 0.25) is 5.11 Å². The van der Waals surface area contributed by atoms with Crippen molar-refractivity contribution in [3.63, 3.8) is 0 Å². The van der Waals surface area contributed by atoms with E-state index in [-0.39, 0.29) is 10.8 Å². The molecule has 7 heteroatoms. The van der Waals surface area contributed by atoms with Crippen molar-refractivity contribution < 1.29 is 4.79 Å². The second kappa shape index (κ2) is 4.42. The van der Waals surface area contributed by atoms with Crippen LogP contribution in [-0.2, 0) is 4.79 Å². The SMILES string of the molecule is C=C1N=NC(=S)N(/N=C/c2cccs2)C1=O. The summed E-state index contributed by atoms with van der Waals surface area (Å²) in [6.07, 6.45) is 1.54. The van der Waals surface area contributed by atoms with Crippen molar-refractivity contribution in [1.82, 2.24) is 5.01 Å². The Kier molecular flexibility index (Phi) is 2.97. The van der Waals surface area contributed by atoms with Gasteiger partial charge in [-0.2, -0.15) is 10.1 Å². The van der Waals surface area contributed by atoms with E-state index in [2.05, 4.69) is 21.9 Å². The van der Waals surface area contributed by atoms with Crippen LogP contribution in [0, 0.1) is 0 Å². The lowest BCUT2D eigenvalue weighted by Gasteiger charge is -2.16. The summed E-state index contributed by atoms with van der Waals surface area (Å²) >= 11 is 6.35. The lowest BCUT2D eigenvalue weighted by atomic mass is 10.4. The maximum Gasteiger partial charge on any atom is 0.300 e. The van der Waals surface area contributed by atoms with Crippen LogP contribution < -0.4 is 0 Å². The average Bonchev–Trinajstić information content (AvgIpc) is 2.77. The third-order valence-corrected chi connectivity index (χ3v) is 2.78. The van der Waals surface area contributed by atoms with Crippen molar-refractivity contribution in [3.05, 3.63) is 34.7 Å². The van der Waals surface area contributed by atoms with Crippen LogP contribution in [0.1, 0.15) is 4.88 Å². The van der Waals surface area contributed by atoms with Gasteiger partial charge in [0.25, 0.3) is 0 Å². The molecule has 0 aromatic carbocycles.